The third-order valence-corrected chi connectivity index (χ3v) is 19.0. The number of halogens is 19. The molecule has 16 rings (SSSR count). The molecule has 1 atom stereocenters. The number of para-hydroxylation sites is 5. The first kappa shape index (κ1) is 99.0. The van der Waals surface area contributed by atoms with Crippen molar-refractivity contribution in [1.82, 2.24) is 42.8 Å². The van der Waals surface area contributed by atoms with Crippen LogP contribution in [-0.2, 0) is 46.1 Å². The molecule has 0 spiro atoms. The number of ketones is 2. The maximum Gasteiger partial charge on any atom is 1.00 e. The van der Waals surface area contributed by atoms with Gasteiger partial charge in [0.25, 0.3) is 11.6 Å². The van der Waals surface area contributed by atoms with Crippen LogP contribution in [0.5, 0.6) is 0 Å². The van der Waals surface area contributed by atoms with Crippen LogP contribution in [-0.4, -0.2) is 108 Å². The largest absolute Gasteiger partial charge is 1.00 e. The Morgan fingerprint density at radius 1 is 0.429 bits per heavy atom. The molecule has 7 heterocycles. The number of allylic oxidation sites excluding steroid dienone is 5. The number of carbonyl (C=O) groups is 4. The number of Topliss-reactive ketones (excluding diaryl/α,β-unsaturated/α-hetero) is 2. The molecular weight excluding hydrogens is 1820 g/mol. The molecule has 0 fully saturated rings. The summed E-state index contributed by atoms with van der Waals surface area (Å²) < 4.78 is 226. The smallest absolute Gasteiger partial charge is 1.00 e. The van der Waals surface area contributed by atoms with Gasteiger partial charge in [0.2, 0.25) is 5.60 Å². The molecule has 0 amide bonds. The number of nitrogens with zero attached hydrogens (tertiary/aromatic N) is 8. The third-order valence-electron chi connectivity index (χ3n) is 18.0. The minimum Gasteiger partial charge on any atom is -1.00 e. The van der Waals surface area contributed by atoms with Gasteiger partial charge in [-0.05, 0) is 138 Å². The summed E-state index contributed by atoms with van der Waals surface area (Å²) in [5.74, 6) is -10.7. The molecule has 1 unspecified atom stereocenters. The number of hydrogen-bond donors (Lipinski definition) is 2. The van der Waals surface area contributed by atoms with E-state index in [1.54, 1.807) is 122 Å². The maximum atomic E-state index is 14.6. The number of aromatic amines is 1. The van der Waals surface area contributed by atoms with E-state index in [1.807, 2.05) is 42.6 Å². The first-order valence-corrected chi connectivity index (χ1v) is 38.6. The van der Waals surface area contributed by atoms with Crippen molar-refractivity contribution in [2.45, 2.75) is 62.7 Å². The van der Waals surface area contributed by atoms with E-state index in [1.165, 1.54) is 118 Å². The minimum absolute atomic E-state index is 0. The molecule has 35 heteroatoms. The molecule has 0 radical (unpaired) electrons. The quantitative estimate of drug-likeness (QED) is 0.0194. The number of nitrogens with one attached hydrogen (secondary N) is 1. The average Bonchev–Trinajstić information content (AvgIpc) is 1.61. The van der Waals surface area contributed by atoms with Gasteiger partial charge in [0.15, 0.2) is 0 Å². The summed E-state index contributed by atoms with van der Waals surface area (Å²) in [6.45, 7) is 19.8. The number of aromatic nitrogens is 9. The Morgan fingerprint density at radius 2 is 0.817 bits per heavy atom. The number of carbonyl (C=O) groups excluding carboxylic acids is 4. The van der Waals surface area contributed by atoms with Crippen molar-refractivity contribution in [2.75, 3.05) is 5.33 Å². The molecule has 16 aromatic rings. The third kappa shape index (κ3) is 24.6. The predicted octanol–water partition coefficient (Wildman–Crippen LogP) is 22.0. The Hall–Kier alpha value is -12.5. The molecule has 0 aliphatic rings. The monoisotopic (exact) mass is 1890 g/mol. The average molecular weight is 1890 g/mol. The summed E-state index contributed by atoms with van der Waals surface area (Å²) in [5, 5.41) is 25.7. The second-order valence-electron chi connectivity index (χ2n) is 26.4. The molecular formula is C91H71Br2F17N9NaO6. The number of benzene rings is 9. The Morgan fingerprint density at radius 3 is 1.25 bits per heavy atom. The first-order valence-electron chi connectivity index (χ1n) is 36.7. The van der Waals surface area contributed by atoms with E-state index in [0.29, 0.717) is 62.4 Å². The maximum absolute atomic E-state index is 14.6. The van der Waals surface area contributed by atoms with E-state index in [4.69, 9.17) is 0 Å². The molecule has 15 nitrogen and oxygen atoms in total. The molecule has 126 heavy (non-hydrogen) atoms. The van der Waals surface area contributed by atoms with Gasteiger partial charge in [0.1, 0.15) is 11.6 Å². The molecule has 7 aromatic heterocycles. The zero-order chi connectivity index (χ0) is 91.4. The van der Waals surface area contributed by atoms with Gasteiger partial charge in [-0.2, -0.15) is 76.1 Å². The number of aliphatic hydroxyl groups is 1. The zero-order valence-electron chi connectivity index (χ0n) is 67.0. The molecule has 0 saturated heterocycles. The summed E-state index contributed by atoms with van der Waals surface area (Å²) in [4.78, 5) is 45.1. The van der Waals surface area contributed by atoms with Crippen molar-refractivity contribution < 1.29 is 135 Å². The summed E-state index contributed by atoms with van der Waals surface area (Å²) in [6, 6.07) is 62.2. The van der Waals surface area contributed by atoms with Crippen molar-refractivity contribution in [2.24, 2.45) is 0 Å². The number of alkyl halides is 16. The molecule has 0 aliphatic heterocycles. The molecule has 0 aliphatic carbocycles. The fourth-order valence-corrected chi connectivity index (χ4v) is 12.9. The van der Waals surface area contributed by atoms with Crippen LogP contribution in [0.3, 0.4) is 0 Å². The van der Waals surface area contributed by atoms with E-state index < -0.39 is 65.8 Å². The molecule has 0 saturated carbocycles. The van der Waals surface area contributed by atoms with Crippen LogP contribution in [0.25, 0.3) is 87.7 Å². The van der Waals surface area contributed by atoms with Gasteiger partial charge in [-0.15, -0.1) is 32.9 Å². The van der Waals surface area contributed by atoms with Crippen molar-refractivity contribution in [3.63, 3.8) is 0 Å². The Labute approximate surface area is 746 Å². The van der Waals surface area contributed by atoms with Crippen LogP contribution < -0.4 is 29.6 Å². The number of hydrogen-bond acceptors (Lipinski definition) is 8. The minimum atomic E-state index is -5.62. The van der Waals surface area contributed by atoms with E-state index in [-0.39, 0.29) is 65.6 Å². The standard InChI is InChI=1S/C26H19F4N3O.C13H8BrFN2.2C13H10F3NO.C11H11N.C8H7N.C4F6O3.C3H5Br.Na.H/c1-2-13-32-16-22(21-5-3-4-6-24(21)32)25(34,26(28,29)30)18-7-12-23-17(14-18)15-31-33(23)20-10-8-19(27)9-11-20;14-10-1-6-13-9(7-10)8-16-17(13)12-4-2-11(15)3-5-12;2*1-2-7-17-8-10(12(18)13(14,15)16)9-5-3-4-6-11(9)17;1-2-8-12-9-7-10-5-3-4-6-11(10)12;1-2-4-8-7(3-1)5-6-9-8;5-3(6,7)1(11)13-2(12)4(8,9)10;1-2-3-4;;/h2-12,14-16,34H,1,13H2;1-8H;2*2-6,8H,1,7H2;2-7,9H,1,8H2;1-6,9H;;2H,1,3H2;;/q;;;;;;;;+1;-1. The van der Waals surface area contributed by atoms with E-state index in [2.05, 4.69) is 144 Å². The number of fused-ring (bicyclic) bond motifs is 7. The van der Waals surface area contributed by atoms with Crippen LogP contribution >= 0.6 is 31.9 Å². The van der Waals surface area contributed by atoms with Crippen LogP contribution in [0, 0.1) is 11.6 Å². The van der Waals surface area contributed by atoms with Crippen LogP contribution in [0.2, 0.25) is 0 Å². The van der Waals surface area contributed by atoms with Crippen molar-refractivity contribution in [1.29, 1.82) is 0 Å². The summed E-state index contributed by atoms with van der Waals surface area (Å²) in [6.07, 6.45) is -6.53. The molecule has 650 valence electrons. The van der Waals surface area contributed by atoms with E-state index in [9.17, 15) is 98.9 Å². The summed E-state index contributed by atoms with van der Waals surface area (Å²) in [5.41, 5.74) is 2.66. The van der Waals surface area contributed by atoms with Crippen LogP contribution in [0.15, 0.2) is 330 Å². The van der Waals surface area contributed by atoms with Crippen LogP contribution in [0.1, 0.15) is 33.3 Å². The number of H-pyrrole nitrogens is 1. The van der Waals surface area contributed by atoms with Crippen molar-refractivity contribution in [3.8, 4) is 11.4 Å². The zero-order valence-corrected chi connectivity index (χ0v) is 71.2. The van der Waals surface area contributed by atoms with E-state index in [0.717, 1.165) is 32.9 Å². The Bertz CT molecular complexity index is 6340. The Balaban J connectivity index is 0.000000209. The van der Waals surface area contributed by atoms with Crippen LogP contribution in [0.4, 0.5) is 74.6 Å². The number of ether oxygens (including phenoxy) is 1. The van der Waals surface area contributed by atoms with Gasteiger partial charge in [0, 0.05) is 127 Å². The fraction of sp³-hybridized carbons (Fsp3) is 0.121. The molecule has 9 aromatic carbocycles. The molecule has 0 bridgehead atoms. The number of rotatable bonds is 15. The first-order chi connectivity index (χ1) is 59.2. The van der Waals surface area contributed by atoms with Gasteiger partial charge >= 0.3 is 72.4 Å². The summed E-state index contributed by atoms with van der Waals surface area (Å²) >= 11 is 6.55. The van der Waals surface area contributed by atoms with Gasteiger partial charge in [-0.3, -0.25) is 9.59 Å². The van der Waals surface area contributed by atoms with Crippen molar-refractivity contribution in [3.05, 3.63) is 363 Å². The van der Waals surface area contributed by atoms with Gasteiger partial charge < -0.3 is 34.5 Å². The van der Waals surface area contributed by atoms with Gasteiger partial charge in [0.05, 0.1) is 45.9 Å². The molecule has 2 N–H and O–H groups in total. The fourth-order valence-electron chi connectivity index (χ4n) is 12.5. The van der Waals surface area contributed by atoms with E-state index >= 15 is 0 Å². The predicted molar refractivity (Wildman–Crippen MR) is 455 cm³/mol. The topological polar surface area (TPSA) is 169 Å². The second kappa shape index (κ2) is 43.4. The SMILES string of the molecule is C=CCBr.C=CCn1cc(C(=O)C(F)(F)F)c2ccccc21.C=CCn1cc(C(=O)C(F)(F)F)c2ccccc21.C=CCn1cc(C(O)(c2ccc3c(cnn3-c3ccc(F)cc3)c2)C(F)(F)F)c2ccccc21.C=CCn1ccc2ccccc21.Fc1ccc(-n2ncc3cc(Br)ccc32)cc1.O=C(OC(=O)C(F)(F)F)C(F)(F)F.[H-].[Na+].c1ccc2[nH]ccc2c1. The second-order valence-corrected chi connectivity index (χ2v) is 28.0. The van der Waals surface area contributed by atoms with Gasteiger partial charge in [-0.25, -0.2) is 27.7 Å². The van der Waals surface area contributed by atoms with Gasteiger partial charge in [-0.1, -0.05) is 159 Å². The normalized spacial score (nSPS) is 11.8. The summed E-state index contributed by atoms with van der Waals surface area (Å²) in [7, 11) is 0. The Kier molecular flexibility index (Phi) is 34.1. The van der Waals surface area contributed by atoms with Crippen molar-refractivity contribution >= 4 is 132 Å². The number of esters is 2.